The largest absolute Gasteiger partial charge is 0.444 e. The van der Waals surface area contributed by atoms with Crippen molar-refractivity contribution in [2.75, 3.05) is 6.61 Å². The van der Waals surface area contributed by atoms with E-state index in [1.54, 1.807) is 6.20 Å². The molecule has 1 aromatic rings. The predicted octanol–water partition coefficient (Wildman–Crippen LogP) is 1.55. The number of hydrogen-bond donors (Lipinski definition) is 2. The second-order valence-corrected chi connectivity index (χ2v) is 5.64. The third-order valence-electron chi connectivity index (χ3n) is 2.76. The fourth-order valence-corrected chi connectivity index (χ4v) is 1.94. The standard InChI is InChI=1S/C12H20N4O3/c1-12(2,3)19-11(17)14-8-4-5-10(18-7-8)9-6-13-16-15-9/h6,8,10H,4-5,7H2,1-3H3,(H,14,17)(H,13,15,16)/t8-,10+/m1/s1. The number of ether oxygens (including phenoxy) is 2. The van der Waals surface area contributed by atoms with Crippen LogP contribution in [0, 0.1) is 0 Å². The van der Waals surface area contributed by atoms with Crippen molar-refractivity contribution in [3.63, 3.8) is 0 Å². The average Bonchev–Trinajstić information content (AvgIpc) is 2.80. The molecular weight excluding hydrogens is 248 g/mol. The van der Waals surface area contributed by atoms with Gasteiger partial charge in [0.2, 0.25) is 0 Å². The molecule has 0 radical (unpaired) electrons. The minimum absolute atomic E-state index is 0.0157. The first-order chi connectivity index (χ1) is 8.94. The summed E-state index contributed by atoms with van der Waals surface area (Å²) < 4.78 is 10.9. The third kappa shape index (κ3) is 4.20. The van der Waals surface area contributed by atoms with Gasteiger partial charge in [-0.3, -0.25) is 0 Å². The zero-order chi connectivity index (χ0) is 13.9. The average molecular weight is 268 g/mol. The molecule has 0 saturated carbocycles. The zero-order valence-electron chi connectivity index (χ0n) is 11.5. The lowest BCUT2D eigenvalue weighted by molar-refractivity contribution is -0.0112. The highest BCUT2D eigenvalue weighted by Gasteiger charge is 2.27. The molecule has 0 bridgehead atoms. The van der Waals surface area contributed by atoms with E-state index in [4.69, 9.17) is 9.47 Å². The van der Waals surface area contributed by atoms with E-state index < -0.39 is 11.7 Å². The van der Waals surface area contributed by atoms with Crippen LogP contribution in [0.15, 0.2) is 6.20 Å². The van der Waals surface area contributed by atoms with Gasteiger partial charge in [-0.2, -0.15) is 15.4 Å². The van der Waals surface area contributed by atoms with E-state index in [0.717, 1.165) is 18.5 Å². The van der Waals surface area contributed by atoms with Gasteiger partial charge in [0, 0.05) is 0 Å². The molecule has 19 heavy (non-hydrogen) atoms. The molecular formula is C12H20N4O3. The molecule has 2 heterocycles. The lowest BCUT2D eigenvalue weighted by Crippen LogP contribution is -2.43. The second kappa shape index (κ2) is 5.56. The summed E-state index contributed by atoms with van der Waals surface area (Å²) in [7, 11) is 0. The Morgan fingerprint density at radius 1 is 1.53 bits per heavy atom. The summed E-state index contributed by atoms with van der Waals surface area (Å²) in [6.45, 7) is 5.97. The molecule has 1 aromatic heterocycles. The summed E-state index contributed by atoms with van der Waals surface area (Å²) in [5.41, 5.74) is 0.318. The van der Waals surface area contributed by atoms with Gasteiger partial charge < -0.3 is 14.8 Å². The molecule has 0 unspecified atom stereocenters. The fourth-order valence-electron chi connectivity index (χ4n) is 1.94. The van der Waals surface area contributed by atoms with E-state index in [-0.39, 0.29) is 12.1 Å². The monoisotopic (exact) mass is 268 g/mol. The Morgan fingerprint density at radius 3 is 2.84 bits per heavy atom. The van der Waals surface area contributed by atoms with Crippen LogP contribution in [0.4, 0.5) is 4.79 Å². The van der Waals surface area contributed by atoms with Gasteiger partial charge in [0.1, 0.15) is 17.4 Å². The molecule has 0 aliphatic carbocycles. The highest BCUT2D eigenvalue weighted by Crippen LogP contribution is 2.26. The van der Waals surface area contributed by atoms with Crippen LogP contribution in [0.1, 0.15) is 45.4 Å². The molecule has 0 aromatic carbocycles. The molecule has 7 nitrogen and oxygen atoms in total. The van der Waals surface area contributed by atoms with Crippen LogP contribution >= 0.6 is 0 Å². The van der Waals surface area contributed by atoms with Crippen LogP contribution in [0.3, 0.4) is 0 Å². The van der Waals surface area contributed by atoms with Gasteiger partial charge in [-0.05, 0) is 33.6 Å². The molecule has 0 spiro atoms. The molecule has 106 valence electrons. The minimum Gasteiger partial charge on any atom is -0.444 e. The van der Waals surface area contributed by atoms with Crippen LogP contribution < -0.4 is 5.32 Å². The lowest BCUT2D eigenvalue weighted by Gasteiger charge is -2.29. The SMILES string of the molecule is CC(C)(C)OC(=O)N[C@@H]1CC[C@@H](c2cn[nH]n2)OC1. The van der Waals surface area contributed by atoms with Crippen LogP contribution in [0.25, 0.3) is 0 Å². The highest BCUT2D eigenvalue weighted by atomic mass is 16.6. The van der Waals surface area contributed by atoms with E-state index in [0.29, 0.717) is 6.61 Å². The molecule has 7 heteroatoms. The van der Waals surface area contributed by atoms with Gasteiger partial charge in [-0.1, -0.05) is 0 Å². The quantitative estimate of drug-likeness (QED) is 0.849. The molecule has 1 aliphatic heterocycles. The molecule has 2 rings (SSSR count). The van der Waals surface area contributed by atoms with Crippen molar-refractivity contribution in [2.45, 2.75) is 51.4 Å². The van der Waals surface area contributed by atoms with Gasteiger partial charge in [-0.15, -0.1) is 0 Å². The number of amides is 1. The maximum atomic E-state index is 11.6. The molecule has 1 amide bonds. The van der Waals surface area contributed by atoms with E-state index in [1.165, 1.54) is 0 Å². The molecule has 1 fully saturated rings. The third-order valence-corrected chi connectivity index (χ3v) is 2.76. The van der Waals surface area contributed by atoms with Crippen molar-refractivity contribution < 1.29 is 14.3 Å². The first-order valence-electron chi connectivity index (χ1n) is 6.41. The number of nitrogens with one attached hydrogen (secondary N) is 2. The summed E-state index contributed by atoms with van der Waals surface area (Å²) in [5.74, 6) is 0. The number of hydrogen-bond acceptors (Lipinski definition) is 5. The second-order valence-electron chi connectivity index (χ2n) is 5.64. The predicted molar refractivity (Wildman–Crippen MR) is 67.5 cm³/mol. The highest BCUT2D eigenvalue weighted by molar-refractivity contribution is 5.68. The first-order valence-corrected chi connectivity index (χ1v) is 6.41. The van der Waals surface area contributed by atoms with E-state index in [9.17, 15) is 4.79 Å². The molecule has 2 N–H and O–H groups in total. The normalized spacial score (nSPS) is 23.9. The Balaban J connectivity index is 1.76. The maximum absolute atomic E-state index is 11.6. The van der Waals surface area contributed by atoms with Crippen LogP contribution in [0.2, 0.25) is 0 Å². The van der Waals surface area contributed by atoms with Gasteiger partial charge in [0.25, 0.3) is 0 Å². The number of carbonyl (C=O) groups is 1. The van der Waals surface area contributed by atoms with Gasteiger partial charge in [-0.25, -0.2) is 4.79 Å². The molecule has 1 aliphatic rings. The fraction of sp³-hybridized carbons (Fsp3) is 0.750. The van der Waals surface area contributed by atoms with Crippen molar-refractivity contribution in [1.82, 2.24) is 20.7 Å². The van der Waals surface area contributed by atoms with E-state index in [1.807, 2.05) is 20.8 Å². The number of aromatic amines is 1. The van der Waals surface area contributed by atoms with E-state index >= 15 is 0 Å². The Morgan fingerprint density at radius 2 is 2.32 bits per heavy atom. The summed E-state index contributed by atoms with van der Waals surface area (Å²) in [6.07, 6.45) is 2.84. The number of nitrogens with zero attached hydrogens (tertiary/aromatic N) is 2. The first kappa shape index (κ1) is 13.8. The van der Waals surface area contributed by atoms with Crippen LogP contribution in [-0.2, 0) is 9.47 Å². The van der Waals surface area contributed by atoms with Crippen LogP contribution in [0.5, 0.6) is 0 Å². The zero-order valence-corrected chi connectivity index (χ0v) is 11.5. The lowest BCUT2D eigenvalue weighted by atomic mass is 10.0. The summed E-state index contributed by atoms with van der Waals surface area (Å²) in [5, 5.41) is 13.1. The summed E-state index contributed by atoms with van der Waals surface area (Å²) in [4.78, 5) is 11.6. The number of carbonyl (C=O) groups excluding carboxylic acids is 1. The van der Waals surface area contributed by atoms with E-state index in [2.05, 4.69) is 20.7 Å². The smallest absolute Gasteiger partial charge is 0.407 e. The maximum Gasteiger partial charge on any atom is 0.407 e. The van der Waals surface area contributed by atoms with Gasteiger partial charge >= 0.3 is 6.09 Å². The summed E-state index contributed by atoms with van der Waals surface area (Å²) >= 11 is 0. The Hall–Kier alpha value is -1.63. The Bertz CT molecular complexity index is 405. The molecule has 1 saturated heterocycles. The number of alkyl carbamates (subject to hydrolysis) is 1. The topological polar surface area (TPSA) is 89.1 Å². The Labute approximate surface area is 112 Å². The Kier molecular flexibility index (Phi) is 4.04. The van der Waals surface area contributed by atoms with Crippen molar-refractivity contribution in [3.05, 3.63) is 11.9 Å². The molecule has 2 atom stereocenters. The number of rotatable bonds is 2. The minimum atomic E-state index is -0.483. The van der Waals surface area contributed by atoms with Crippen molar-refractivity contribution in [2.24, 2.45) is 0 Å². The number of H-pyrrole nitrogens is 1. The van der Waals surface area contributed by atoms with Gasteiger partial charge in [0.15, 0.2) is 0 Å². The summed E-state index contributed by atoms with van der Waals surface area (Å²) in [6, 6.07) is -0.0157. The number of aromatic nitrogens is 3. The van der Waals surface area contributed by atoms with Crippen molar-refractivity contribution >= 4 is 6.09 Å². The van der Waals surface area contributed by atoms with Crippen molar-refractivity contribution in [1.29, 1.82) is 0 Å². The van der Waals surface area contributed by atoms with Crippen LogP contribution in [-0.4, -0.2) is 39.8 Å². The van der Waals surface area contributed by atoms with Gasteiger partial charge in [0.05, 0.1) is 18.8 Å². The van der Waals surface area contributed by atoms with Crippen molar-refractivity contribution in [3.8, 4) is 0 Å².